The quantitative estimate of drug-likeness (QED) is 0.695. The number of ether oxygens (including phenoxy) is 2. The van der Waals surface area contributed by atoms with Crippen molar-refractivity contribution in [1.29, 1.82) is 0 Å². The van der Waals surface area contributed by atoms with Crippen LogP contribution in [0, 0.1) is 5.41 Å². The zero-order chi connectivity index (χ0) is 23.9. The molecule has 2 fully saturated rings. The molecule has 34 heavy (non-hydrogen) atoms. The van der Waals surface area contributed by atoms with Crippen LogP contribution >= 0.6 is 0 Å². The van der Waals surface area contributed by atoms with E-state index in [0.29, 0.717) is 48.8 Å². The summed E-state index contributed by atoms with van der Waals surface area (Å²) in [5, 5.41) is 0. The summed E-state index contributed by atoms with van der Waals surface area (Å²) in [7, 11) is 3.14. The number of hydrogen-bond acceptors (Lipinski definition) is 5. The molecule has 7 heteroatoms. The van der Waals surface area contributed by atoms with Gasteiger partial charge in [-0.3, -0.25) is 14.4 Å². The smallest absolute Gasteiger partial charge is 0.257 e. The second-order valence-corrected chi connectivity index (χ2v) is 9.64. The Morgan fingerprint density at radius 1 is 0.941 bits per heavy atom. The molecule has 0 radical (unpaired) electrons. The first kappa shape index (κ1) is 22.4. The van der Waals surface area contributed by atoms with Gasteiger partial charge in [-0.1, -0.05) is 24.3 Å². The summed E-state index contributed by atoms with van der Waals surface area (Å²) in [5.74, 6) is 0.862. The maximum absolute atomic E-state index is 13.4. The number of nitrogens with zero attached hydrogens (tertiary/aromatic N) is 2. The molecule has 1 spiro atoms. The molecule has 1 aliphatic carbocycles. The summed E-state index contributed by atoms with van der Waals surface area (Å²) in [6.45, 7) is 2.70. The van der Waals surface area contributed by atoms with E-state index in [4.69, 9.17) is 9.47 Å². The van der Waals surface area contributed by atoms with Gasteiger partial charge < -0.3 is 19.3 Å². The standard InChI is InChI=1S/C27H30N2O5/c1-33-18-7-8-24(34-2)22(15-18)26(32)28-12-9-27(10-13-28)11-14-29(17-27)25(31)21-16-23(30)20-6-4-3-5-19(20)21/h3-8,15,21H,9-14,16-17H2,1-2H3. The van der Waals surface area contributed by atoms with Crippen LogP contribution in [-0.4, -0.2) is 67.8 Å². The van der Waals surface area contributed by atoms with Crippen LogP contribution < -0.4 is 9.47 Å². The summed E-state index contributed by atoms with van der Waals surface area (Å²) in [4.78, 5) is 42.8. The Kier molecular flexibility index (Phi) is 5.80. The van der Waals surface area contributed by atoms with E-state index in [0.717, 1.165) is 24.8 Å². The Labute approximate surface area is 199 Å². The van der Waals surface area contributed by atoms with Crippen molar-refractivity contribution in [2.24, 2.45) is 5.41 Å². The number of benzene rings is 2. The van der Waals surface area contributed by atoms with E-state index >= 15 is 0 Å². The minimum absolute atomic E-state index is 0.0348. The number of methoxy groups -OCH3 is 2. The number of carbonyl (C=O) groups excluding carboxylic acids is 3. The topological polar surface area (TPSA) is 76.2 Å². The number of amides is 2. The van der Waals surface area contributed by atoms with Crippen molar-refractivity contribution in [2.75, 3.05) is 40.4 Å². The Morgan fingerprint density at radius 3 is 2.35 bits per heavy atom. The van der Waals surface area contributed by atoms with E-state index in [1.807, 2.05) is 34.1 Å². The second kappa shape index (κ2) is 8.78. The molecule has 2 heterocycles. The van der Waals surface area contributed by atoms with Crippen molar-refractivity contribution in [3.8, 4) is 11.5 Å². The molecule has 2 saturated heterocycles. The van der Waals surface area contributed by atoms with Gasteiger partial charge in [0.05, 0.1) is 25.7 Å². The van der Waals surface area contributed by atoms with Crippen LogP contribution in [0.2, 0.25) is 0 Å². The Morgan fingerprint density at radius 2 is 1.65 bits per heavy atom. The number of piperidine rings is 1. The number of likely N-dealkylation sites (tertiary alicyclic amines) is 2. The van der Waals surface area contributed by atoms with Gasteiger partial charge >= 0.3 is 0 Å². The van der Waals surface area contributed by atoms with E-state index in [1.54, 1.807) is 32.4 Å². The monoisotopic (exact) mass is 462 g/mol. The molecule has 2 aromatic carbocycles. The summed E-state index contributed by atoms with van der Waals surface area (Å²) in [5.41, 5.74) is 2.10. The van der Waals surface area contributed by atoms with E-state index in [2.05, 4.69) is 0 Å². The van der Waals surface area contributed by atoms with Gasteiger partial charge in [-0.2, -0.15) is 0 Å². The zero-order valence-corrected chi connectivity index (χ0v) is 19.7. The van der Waals surface area contributed by atoms with Crippen molar-refractivity contribution < 1.29 is 23.9 Å². The molecular formula is C27H30N2O5. The predicted molar refractivity (Wildman–Crippen MR) is 126 cm³/mol. The number of carbonyl (C=O) groups is 3. The molecular weight excluding hydrogens is 432 g/mol. The minimum Gasteiger partial charge on any atom is -0.497 e. The van der Waals surface area contributed by atoms with Gasteiger partial charge in [0, 0.05) is 38.2 Å². The van der Waals surface area contributed by atoms with Crippen LogP contribution in [0.5, 0.6) is 11.5 Å². The molecule has 2 aromatic rings. The maximum atomic E-state index is 13.4. The number of Topliss-reactive ketones (excluding diaryl/α,β-unsaturated/α-hetero) is 1. The van der Waals surface area contributed by atoms with Crippen LogP contribution in [0.25, 0.3) is 0 Å². The fourth-order valence-corrected chi connectivity index (χ4v) is 5.77. The molecule has 0 aromatic heterocycles. The number of ketones is 1. The highest BCUT2D eigenvalue weighted by atomic mass is 16.5. The lowest BCUT2D eigenvalue weighted by atomic mass is 9.77. The molecule has 2 amide bonds. The molecule has 178 valence electrons. The van der Waals surface area contributed by atoms with Crippen LogP contribution in [0.4, 0.5) is 0 Å². The van der Waals surface area contributed by atoms with Crippen molar-refractivity contribution in [1.82, 2.24) is 9.80 Å². The van der Waals surface area contributed by atoms with Gasteiger partial charge in [0.2, 0.25) is 5.91 Å². The Balaban J connectivity index is 1.24. The molecule has 1 atom stereocenters. The summed E-state index contributed by atoms with van der Waals surface area (Å²) >= 11 is 0. The van der Waals surface area contributed by atoms with E-state index in [-0.39, 0.29) is 35.4 Å². The van der Waals surface area contributed by atoms with E-state index in [9.17, 15) is 14.4 Å². The van der Waals surface area contributed by atoms with Gasteiger partial charge in [0.15, 0.2) is 5.78 Å². The summed E-state index contributed by atoms with van der Waals surface area (Å²) < 4.78 is 10.7. The highest BCUT2D eigenvalue weighted by molar-refractivity contribution is 6.06. The van der Waals surface area contributed by atoms with Crippen molar-refractivity contribution in [3.05, 3.63) is 59.2 Å². The third kappa shape index (κ3) is 3.83. The number of rotatable bonds is 4. The third-order valence-electron chi connectivity index (χ3n) is 7.82. The van der Waals surface area contributed by atoms with Gasteiger partial charge in [-0.05, 0) is 48.4 Å². The molecule has 3 aliphatic rings. The molecule has 0 bridgehead atoms. The minimum atomic E-state index is -0.360. The van der Waals surface area contributed by atoms with Crippen molar-refractivity contribution >= 4 is 17.6 Å². The second-order valence-electron chi connectivity index (χ2n) is 9.64. The molecule has 1 unspecified atom stereocenters. The number of hydrogen-bond donors (Lipinski definition) is 0. The highest BCUT2D eigenvalue weighted by Gasteiger charge is 2.45. The van der Waals surface area contributed by atoms with Crippen molar-refractivity contribution in [3.63, 3.8) is 0 Å². The Hall–Kier alpha value is -3.35. The third-order valence-corrected chi connectivity index (χ3v) is 7.82. The average molecular weight is 463 g/mol. The lowest BCUT2D eigenvalue weighted by Gasteiger charge is -2.39. The molecule has 0 N–H and O–H groups in total. The first-order valence-corrected chi connectivity index (χ1v) is 11.9. The van der Waals surface area contributed by atoms with E-state index in [1.165, 1.54) is 0 Å². The predicted octanol–water partition coefficient (Wildman–Crippen LogP) is 3.53. The highest BCUT2D eigenvalue weighted by Crippen LogP contribution is 2.43. The van der Waals surface area contributed by atoms with Crippen LogP contribution in [0.3, 0.4) is 0 Å². The molecule has 7 nitrogen and oxygen atoms in total. The zero-order valence-electron chi connectivity index (χ0n) is 19.7. The SMILES string of the molecule is COc1ccc(OC)c(C(=O)N2CCC3(CC2)CCN(C(=O)C2CC(=O)c4ccccc42)C3)c1. The fraction of sp³-hybridized carbons (Fsp3) is 0.444. The lowest BCUT2D eigenvalue weighted by Crippen LogP contribution is -2.45. The molecule has 0 saturated carbocycles. The first-order chi connectivity index (χ1) is 16.4. The summed E-state index contributed by atoms with van der Waals surface area (Å²) in [6, 6.07) is 12.7. The largest absolute Gasteiger partial charge is 0.497 e. The summed E-state index contributed by atoms with van der Waals surface area (Å²) in [6.07, 6.45) is 2.92. The lowest BCUT2D eigenvalue weighted by molar-refractivity contribution is -0.132. The van der Waals surface area contributed by atoms with Gasteiger partial charge in [0.1, 0.15) is 11.5 Å². The van der Waals surface area contributed by atoms with Crippen LogP contribution in [0.1, 0.15) is 57.9 Å². The number of fused-ring (bicyclic) bond motifs is 1. The first-order valence-electron chi connectivity index (χ1n) is 11.9. The average Bonchev–Trinajstić information content (AvgIpc) is 3.44. The van der Waals surface area contributed by atoms with Gasteiger partial charge in [-0.25, -0.2) is 0 Å². The van der Waals surface area contributed by atoms with Gasteiger partial charge in [-0.15, -0.1) is 0 Å². The van der Waals surface area contributed by atoms with Crippen LogP contribution in [0.15, 0.2) is 42.5 Å². The van der Waals surface area contributed by atoms with Gasteiger partial charge in [0.25, 0.3) is 5.91 Å². The Bertz CT molecular complexity index is 1140. The molecule has 2 aliphatic heterocycles. The van der Waals surface area contributed by atoms with E-state index < -0.39 is 0 Å². The molecule has 5 rings (SSSR count). The maximum Gasteiger partial charge on any atom is 0.257 e. The normalized spacial score (nSPS) is 21.0. The fourth-order valence-electron chi connectivity index (χ4n) is 5.77. The van der Waals surface area contributed by atoms with Crippen molar-refractivity contribution in [2.45, 2.75) is 31.6 Å². The van der Waals surface area contributed by atoms with Crippen LogP contribution in [-0.2, 0) is 4.79 Å².